The zero-order chi connectivity index (χ0) is 24.2. The van der Waals surface area contributed by atoms with Gasteiger partial charge in [-0.2, -0.15) is 4.98 Å². The van der Waals surface area contributed by atoms with Crippen molar-refractivity contribution in [2.75, 3.05) is 13.1 Å². The van der Waals surface area contributed by atoms with Crippen LogP contribution in [0, 0.1) is 5.82 Å². The Hall–Kier alpha value is -3.26. The molecule has 7 nitrogen and oxygen atoms in total. The highest BCUT2D eigenvalue weighted by Gasteiger charge is 2.34. The van der Waals surface area contributed by atoms with E-state index in [2.05, 4.69) is 10.1 Å². The van der Waals surface area contributed by atoms with Crippen molar-refractivity contribution in [3.05, 3.63) is 70.8 Å². The molecule has 0 spiro atoms. The number of hydrogen-bond donors (Lipinski definition) is 0. The molecule has 0 aliphatic carbocycles. The molecule has 9 heteroatoms. The van der Waals surface area contributed by atoms with Gasteiger partial charge in [0.25, 0.3) is 5.91 Å². The molecule has 1 aromatic heterocycles. The SMILES string of the molecule is CC(C)N(CC(=O)N1CCCCC1c1nc(-c2cccc(Cl)c2)no1)C(=O)c1ccc(F)cc1. The Labute approximate surface area is 202 Å². The van der Waals surface area contributed by atoms with E-state index in [1.54, 1.807) is 17.0 Å². The first-order valence-corrected chi connectivity index (χ1v) is 11.7. The van der Waals surface area contributed by atoms with Gasteiger partial charge in [0.05, 0.1) is 0 Å². The van der Waals surface area contributed by atoms with Crippen LogP contribution in [0.3, 0.4) is 0 Å². The molecule has 0 saturated carbocycles. The Morgan fingerprint density at radius 2 is 1.97 bits per heavy atom. The molecule has 2 aromatic carbocycles. The van der Waals surface area contributed by atoms with Gasteiger partial charge in [0, 0.05) is 28.7 Å². The maximum absolute atomic E-state index is 13.4. The molecule has 1 aliphatic heterocycles. The molecule has 0 N–H and O–H groups in total. The molecule has 1 unspecified atom stereocenters. The highest BCUT2D eigenvalue weighted by Crippen LogP contribution is 2.32. The van der Waals surface area contributed by atoms with Gasteiger partial charge in [-0.15, -0.1) is 0 Å². The van der Waals surface area contributed by atoms with E-state index < -0.39 is 5.82 Å². The lowest BCUT2D eigenvalue weighted by Crippen LogP contribution is -2.48. The fraction of sp³-hybridized carbons (Fsp3) is 0.360. The van der Waals surface area contributed by atoms with E-state index in [-0.39, 0.29) is 30.4 Å². The quantitative estimate of drug-likeness (QED) is 0.484. The van der Waals surface area contributed by atoms with Crippen LogP contribution in [0.15, 0.2) is 53.1 Å². The summed E-state index contributed by atoms with van der Waals surface area (Å²) < 4.78 is 18.8. The van der Waals surface area contributed by atoms with E-state index in [1.807, 2.05) is 26.0 Å². The summed E-state index contributed by atoms with van der Waals surface area (Å²) in [6.45, 7) is 4.13. The van der Waals surface area contributed by atoms with Crippen LogP contribution in [0.4, 0.5) is 4.39 Å². The zero-order valence-electron chi connectivity index (χ0n) is 19.1. The van der Waals surface area contributed by atoms with E-state index >= 15 is 0 Å². The van der Waals surface area contributed by atoms with Crippen LogP contribution in [-0.4, -0.2) is 50.9 Å². The second-order valence-corrected chi connectivity index (χ2v) is 9.04. The van der Waals surface area contributed by atoms with E-state index in [4.69, 9.17) is 16.1 Å². The Balaban J connectivity index is 1.53. The number of carbonyl (C=O) groups is 2. The number of carbonyl (C=O) groups excluding carboxylic acids is 2. The van der Waals surface area contributed by atoms with Crippen LogP contribution < -0.4 is 0 Å². The summed E-state index contributed by atoms with van der Waals surface area (Å²) in [7, 11) is 0. The number of halogens is 2. The van der Waals surface area contributed by atoms with Gasteiger partial charge in [0.15, 0.2) is 0 Å². The molecule has 178 valence electrons. The highest BCUT2D eigenvalue weighted by atomic mass is 35.5. The number of piperidine rings is 1. The van der Waals surface area contributed by atoms with Gasteiger partial charge in [-0.25, -0.2) is 4.39 Å². The molecule has 34 heavy (non-hydrogen) atoms. The summed E-state index contributed by atoms with van der Waals surface area (Å²) in [5.41, 5.74) is 1.06. The van der Waals surface area contributed by atoms with Crippen molar-refractivity contribution in [3.63, 3.8) is 0 Å². The Bertz CT molecular complexity index is 1160. The van der Waals surface area contributed by atoms with Gasteiger partial charge in [-0.1, -0.05) is 28.9 Å². The third-order valence-electron chi connectivity index (χ3n) is 5.91. The average molecular weight is 485 g/mol. The van der Waals surface area contributed by atoms with E-state index in [0.717, 1.165) is 18.4 Å². The molecule has 0 bridgehead atoms. The standard InChI is InChI=1S/C25H26ClFN4O3/c1-16(2)31(25(33)17-9-11-20(27)12-10-17)15-22(32)30-13-4-3-8-21(30)24-28-23(29-34-24)18-6-5-7-19(26)14-18/h5-7,9-12,14,16,21H,3-4,8,13,15H2,1-2H3. The summed E-state index contributed by atoms with van der Waals surface area (Å²) in [6, 6.07) is 11.9. The van der Waals surface area contributed by atoms with Gasteiger partial charge in [0.1, 0.15) is 18.4 Å². The number of likely N-dealkylation sites (tertiary alicyclic amines) is 1. The summed E-state index contributed by atoms with van der Waals surface area (Å²) in [6.07, 6.45) is 2.47. The van der Waals surface area contributed by atoms with Gasteiger partial charge in [0.2, 0.25) is 17.6 Å². The zero-order valence-corrected chi connectivity index (χ0v) is 19.8. The number of rotatable bonds is 6. The minimum absolute atomic E-state index is 0.0976. The van der Waals surface area contributed by atoms with Gasteiger partial charge in [-0.3, -0.25) is 9.59 Å². The second-order valence-electron chi connectivity index (χ2n) is 8.60. The lowest BCUT2D eigenvalue weighted by molar-refractivity contribution is -0.136. The maximum atomic E-state index is 13.4. The molecule has 2 heterocycles. The molecule has 1 aliphatic rings. The second kappa shape index (κ2) is 10.3. The molecule has 1 saturated heterocycles. The molecular weight excluding hydrogens is 459 g/mol. The van der Waals surface area contributed by atoms with E-state index in [0.29, 0.717) is 35.3 Å². The van der Waals surface area contributed by atoms with Crippen LogP contribution in [0.5, 0.6) is 0 Å². The van der Waals surface area contributed by atoms with Crippen LogP contribution >= 0.6 is 11.6 Å². The first kappa shape index (κ1) is 23.9. The Kier molecular flexibility index (Phi) is 7.26. The van der Waals surface area contributed by atoms with Crippen LogP contribution in [0.1, 0.15) is 55.4 Å². The fourth-order valence-electron chi connectivity index (χ4n) is 4.09. The lowest BCUT2D eigenvalue weighted by Gasteiger charge is -2.36. The van der Waals surface area contributed by atoms with Crippen LogP contribution in [-0.2, 0) is 4.79 Å². The molecule has 1 fully saturated rings. The lowest BCUT2D eigenvalue weighted by atomic mass is 10.0. The summed E-state index contributed by atoms with van der Waals surface area (Å²) in [5.74, 6) is -0.166. The van der Waals surface area contributed by atoms with Gasteiger partial charge in [-0.05, 0) is 69.5 Å². The molecular formula is C25H26ClFN4O3. The normalized spacial score (nSPS) is 16.0. The number of amides is 2. The Morgan fingerprint density at radius 1 is 1.21 bits per heavy atom. The van der Waals surface area contributed by atoms with Crippen molar-refractivity contribution in [1.82, 2.24) is 19.9 Å². The van der Waals surface area contributed by atoms with Crippen molar-refractivity contribution >= 4 is 23.4 Å². The van der Waals surface area contributed by atoms with Crippen molar-refractivity contribution in [2.45, 2.75) is 45.2 Å². The first-order chi connectivity index (χ1) is 16.3. The van der Waals surface area contributed by atoms with Gasteiger partial charge >= 0.3 is 0 Å². The van der Waals surface area contributed by atoms with E-state index in [9.17, 15) is 14.0 Å². The van der Waals surface area contributed by atoms with Crippen molar-refractivity contribution < 1.29 is 18.5 Å². The minimum Gasteiger partial charge on any atom is -0.337 e. The van der Waals surface area contributed by atoms with Crippen LogP contribution in [0.2, 0.25) is 5.02 Å². The Morgan fingerprint density at radius 3 is 2.68 bits per heavy atom. The number of aromatic nitrogens is 2. The number of hydrogen-bond acceptors (Lipinski definition) is 5. The third-order valence-corrected chi connectivity index (χ3v) is 6.15. The first-order valence-electron chi connectivity index (χ1n) is 11.3. The fourth-order valence-corrected chi connectivity index (χ4v) is 4.28. The van der Waals surface area contributed by atoms with Crippen molar-refractivity contribution in [1.29, 1.82) is 0 Å². The molecule has 3 aromatic rings. The van der Waals surface area contributed by atoms with Gasteiger partial charge < -0.3 is 14.3 Å². The van der Waals surface area contributed by atoms with Crippen LogP contribution in [0.25, 0.3) is 11.4 Å². The average Bonchev–Trinajstić information content (AvgIpc) is 3.32. The maximum Gasteiger partial charge on any atom is 0.254 e. The van der Waals surface area contributed by atoms with E-state index in [1.165, 1.54) is 29.2 Å². The summed E-state index contributed by atoms with van der Waals surface area (Å²) in [4.78, 5) is 34.2. The van der Waals surface area contributed by atoms with Crippen molar-refractivity contribution in [3.8, 4) is 11.4 Å². The predicted octanol–water partition coefficient (Wildman–Crippen LogP) is 5.13. The predicted molar refractivity (Wildman–Crippen MR) is 126 cm³/mol. The summed E-state index contributed by atoms with van der Waals surface area (Å²) in [5, 5.41) is 4.65. The molecule has 1 atom stereocenters. The topological polar surface area (TPSA) is 79.5 Å². The molecule has 0 radical (unpaired) electrons. The minimum atomic E-state index is -0.420. The monoisotopic (exact) mass is 484 g/mol. The summed E-state index contributed by atoms with van der Waals surface area (Å²) >= 11 is 6.08. The highest BCUT2D eigenvalue weighted by molar-refractivity contribution is 6.30. The third kappa shape index (κ3) is 5.28. The largest absolute Gasteiger partial charge is 0.337 e. The molecule has 2 amide bonds. The van der Waals surface area contributed by atoms with Crippen molar-refractivity contribution in [2.24, 2.45) is 0 Å². The number of nitrogens with zero attached hydrogens (tertiary/aromatic N) is 4. The molecule has 4 rings (SSSR count). The smallest absolute Gasteiger partial charge is 0.254 e. The number of benzene rings is 2.